The molecule has 3 aromatic rings. The Labute approximate surface area is 275 Å². The fourth-order valence-electron chi connectivity index (χ4n) is 5.77. The Hall–Kier alpha value is -3.99. The minimum atomic E-state index is -1.01. The van der Waals surface area contributed by atoms with E-state index in [0.29, 0.717) is 15.5 Å². The summed E-state index contributed by atoms with van der Waals surface area (Å²) in [5.74, 6) is -1.81. The molecule has 3 aromatic carbocycles. The number of benzene rings is 3. The molecule has 3 amide bonds. The number of hydrogen-bond acceptors (Lipinski definition) is 8. The second-order valence-corrected chi connectivity index (χ2v) is 14.1. The highest BCUT2D eigenvalue weighted by Gasteiger charge is 2.47. The van der Waals surface area contributed by atoms with Crippen LogP contribution in [-0.2, 0) is 14.3 Å². The molecule has 0 bridgehead atoms. The number of rotatable bonds is 5. The van der Waals surface area contributed by atoms with Crippen molar-refractivity contribution < 1.29 is 23.9 Å². The zero-order valence-electron chi connectivity index (χ0n) is 25.4. The monoisotopic (exact) mass is 654 g/mol. The number of fused-ring (bicyclic) bond motifs is 2. The molecule has 0 spiro atoms. The van der Waals surface area contributed by atoms with Gasteiger partial charge >= 0.3 is 5.97 Å². The van der Waals surface area contributed by atoms with Gasteiger partial charge in [0, 0.05) is 16.0 Å². The first-order valence-corrected chi connectivity index (χ1v) is 16.5. The van der Waals surface area contributed by atoms with Crippen LogP contribution in [0.2, 0.25) is 0 Å². The van der Waals surface area contributed by atoms with Crippen LogP contribution in [0, 0.1) is 13.8 Å². The van der Waals surface area contributed by atoms with E-state index in [1.807, 2.05) is 70.2 Å². The maximum absolute atomic E-state index is 14.2. The number of ether oxygens (including phenoxy) is 1. The van der Waals surface area contributed by atoms with Crippen molar-refractivity contribution in [3.63, 3.8) is 0 Å². The Kier molecular flexibility index (Phi) is 8.09. The molecule has 0 saturated carbocycles. The van der Waals surface area contributed by atoms with Gasteiger partial charge in [0.05, 0.1) is 38.1 Å². The van der Waals surface area contributed by atoms with Gasteiger partial charge in [0.15, 0.2) is 0 Å². The predicted molar refractivity (Wildman–Crippen MR) is 184 cm³/mol. The quantitative estimate of drug-likeness (QED) is 0.124. The number of hydrogen-bond donors (Lipinski definition) is 0. The third kappa shape index (κ3) is 5.14. The number of anilines is 1. The third-order valence-electron chi connectivity index (χ3n) is 8.18. The highest BCUT2D eigenvalue weighted by molar-refractivity contribution is 8.32. The summed E-state index contributed by atoms with van der Waals surface area (Å²) in [6.07, 6.45) is 0. The van der Waals surface area contributed by atoms with Crippen LogP contribution in [-0.4, -0.2) is 52.1 Å². The molecule has 6 rings (SSSR count). The van der Waals surface area contributed by atoms with Gasteiger partial charge in [0.1, 0.15) is 11.4 Å². The molecular formula is C35H30N2O5S3. The topological polar surface area (TPSA) is 84.0 Å². The zero-order chi connectivity index (χ0) is 32.2. The lowest BCUT2D eigenvalue weighted by atomic mass is 9.82. The minimum Gasteiger partial charge on any atom is -0.462 e. The summed E-state index contributed by atoms with van der Waals surface area (Å²) in [5, 5.41) is 0. The second-order valence-electron chi connectivity index (χ2n) is 11.4. The van der Waals surface area contributed by atoms with Crippen molar-refractivity contribution in [3.05, 3.63) is 109 Å². The maximum atomic E-state index is 14.2. The van der Waals surface area contributed by atoms with Crippen LogP contribution < -0.4 is 4.90 Å². The Morgan fingerprint density at radius 3 is 2.09 bits per heavy atom. The molecule has 0 saturated heterocycles. The Balaban J connectivity index is 1.45. The molecule has 0 fully saturated rings. The molecule has 228 valence electrons. The average Bonchev–Trinajstić information content (AvgIpc) is 3.56. The van der Waals surface area contributed by atoms with Crippen LogP contribution in [0.4, 0.5) is 5.69 Å². The van der Waals surface area contributed by atoms with E-state index >= 15 is 0 Å². The lowest BCUT2D eigenvalue weighted by molar-refractivity contribution is -0.137. The van der Waals surface area contributed by atoms with Gasteiger partial charge in [-0.3, -0.25) is 24.2 Å². The summed E-state index contributed by atoms with van der Waals surface area (Å²) in [5.41, 5.74) is 4.61. The van der Waals surface area contributed by atoms with E-state index in [1.54, 1.807) is 36.1 Å². The van der Waals surface area contributed by atoms with Crippen molar-refractivity contribution in [2.45, 2.75) is 40.2 Å². The molecule has 3 heterocycles. The molecular weight excluding hydrogens is 625 g/mol. The Morgan fingerprint density at radius 1 is 0.867 bits per heavy atom. The molecule has 3 aliphatic rings. The number of thioether (sulfide) groups is 2. The van der Waals surface area contributed by atoms with Crippen molar-refractivity contribution in [3.8, 4) is 0 Å². The van der Waals surface area contributed by atoms with Crippen molar-refractivity contribution in [2.75, 3.05) is 18.1 Å². The molecule has 0 radical (unpaired) electrons. The molecule has 0 aromatic heterocycles. The third-order valence-corrected chi connectivity index (χ3v) is 11.5. The molecule has 7 nitrogen and oxygen atoms in total. The number of carbonyl (C=O) groups excluding carboxylic acids is 4. The number of carbonyl (C=O) groups is 4. The molecule has 0 atom stereocenters. The van der Waals surface area contributed by atoms with Gasteiger partial charge in [-0.1, -0.05) is 78.2 Å². The number of esters is 1. The van der Waals surface area contributed by atoms with E-state index < -0.39 is 35.8 Å². The standard InChI is InChI=1S/C35H30N2O5S3/c1-6-42-33(41)29-28(21-12-8-7-9-13-21)44-34(45-29)27-24-16-19(2)20(3)17-25(24)37(35(4,5)30(27)43)26(38)18-36-31(39)22-14-10-11-15-23(22)32(36)40/h7-17H,6,18H2,1-5H3. The summed E-state index contributed by atoms with van der Waals surface area (Å²) < 4.78 is 6.26. The lowest BCUT2D eigenvalue weighted by Gasteiger charge is -2.46. The number of imide groups is 1. The zero-order valence-corrected chi connectivity index (χ0v) is 27.9. The Morgan fingerprint density at radius 2 is 1.47 bits per heavy atom. The van der Waals surface area contributed by atoms with E-state index in [9.17, 15) is 19.2 Å². The number of amides is 3. The molecule has 45 heavy (non-hydrogen) atoms. The number of nitrogens with zero attached hydrogens (tertiary/aromatic N) is 2. The average molecular weight is 655 g/mol. The largest absolute Gasteiger partial charge is 0.462 e. The van der Waals surface area contributed by atoms with Crippen LogP contribution in [0.3, 0.4) is 0 Å². The first kappa shape index (κ1) is 31.0. The fourth-order valence-corrected chi connectivity index (χ4v) is 8.90. The van der Waals surface area contributed by atoms with Gasteiger partial charge in [-0.05, 0) is 75.6 Å². The second kappa shape index (κ2) is 11.7. The SMILES string of the molecule is CCOC(=O)C1=C(c2ccccc2)SC(=C2C(=S)C(C)(C)N(C(=O)CN3C(=O)c4ccccc4C3=O)c3cc(C)c(C)cc32)S1. The normalized spacial score (nSPS) is 18.8. The molecule has 0 aliphatic carbocycles. The number of thiocarbonyl (C=S) groups is 1. The molecule has 0 N–H and O–H groups in total. The van der Waals surface area contributed by atoms with Gasteiger partial charge in [0.25, 0.3) is 11.8 Å². The predicted octanol–water partition coefficient (Wildman–Crippen LogP) is 7.18. The first-order chi connectivity index (χ1) is 21.4. The van der Waals surface area contributed by atoms with Gasteiger partial charge in [-0.25, -0.2) is 4.79 Å². The highest BCUT2D eigenvalue weighted by atomic mass is 32.2. The summed E-state index contributed by atoms with van der Waals surface area (Å²) in [4.78, 5) is 58.1. The maximum Gasteiger partial charge on any atom is 0.346 e. The lowest BCUT2D eigenvalue weighted by Crippen LogP contribution is -2.58. The molecule has 3 aliphatic heterocycles. The van der Waals surface area contributed by atoms with Crippen molar-refractivity contribution >= 4 is 80.5 Å². The van der Waals surface area contributed by atoms with Crippen LogP contribution in [0.1, 0.15) is 63.7 Å². The van der Waals surface area contributed by atoms with Crippen molar-refractivity contribution in [1.29, 1.82) is 0 Å². The molecule has 0 unspecified atom stereocenters. The van der Waals surface area contributed by atoms with Gasteiger partial charge in [-0.15, -0.1) is 0 Å². The van der Waals surface area contributed by atoms with Crippen LogP contribution in [0.15, 0.2) is 75.9 Å². The fraction of sp³-hybridized carbons (Fsp3) is 0.229. The van der Waals surface area contributed by atoms with E-state index in [4.69, 9.17) is 17.0 Å². The minimum absolute atomic E-state index is 0.248. The Bertz CT molecular complexity index is 1860. The van der Waals surface area contributed by atoms with Gasteiger partial charge in [-0.2, -0.15) is 0 Å². The van der Waals surface area contributed by atoms with E-state index in [-0.39, 0.29) is 17.7 Å². The smallest absolute Gasteiger partial charge is 0.346 e. The molecule has 10 heteroatoms. The summed E-state index contributed by atoms with van der Waals surface area (Å²) >= 11 is 8.99. The summed E-state index contributed by atoms with van der Waals surface area (Å²) in [6.45, 7) is 9.32. The van der Waals surface area contributed by atoms with Crippen molar-refractivity contribution in [1.82, 2.24) is 4.90 Å². The van der Waals surface area contributed by atoms with Crippen LogP contribution in [0.5, 0.6) is 0 Å². The van der Waals surface area contributed by atoms with Crippen molar-refractivity contribution in [2.24, 2.45) is 0 Å². The summed E-state index contributed by atoms with van der Waals surface area (Å²) in [7, 11) is 0. The first-order valence-electron chi connectivity index (χ1n) is 14.5. The van der Waals surface area contributed by atoms with Gasteiger partial charge < -0.3 is 4.74 Å². The van der Waals surface area contributed by atoms with Crippen LogP contribution in [0.25, 0.3) is 10.5 Å². The number of aryl methyl sites for hydroxylation is 2. The highest BCUT2D eigenvalue weighted by Crippen LogP contribution is 2.58. The van der Waals surface area contributed by atoms with E-state index in [0.717, 1.165) is 41.9 Å². The van der Waals surface area contributed by atoms with Gasteiger partial charge in [0.2, 0.25) is 5.91 Å². The van der Waals surface area contributed by atoms with E-state index in [2.05, 4.69) is 0 Å². The van der Waals surface area contributed by atoms with E-state index in [1.165, 1.54) is 23.5 Å². The summed E-state index contributed by atoms with van der Waals surface area (Å²) in [6, 6.07) is 20.3. The van der Waals surface area contributed by atoms with Crippen LogP contribution >= 0.6 is 35.7 Å².